The first kappa shape index (κ1) is 19.4. The number of fused-ring (bicyclic) bond motifs is 1. The second kappa shape index (κ2) is 6.97. The van der Waals surface area contributed by atoms with E-state index >= 15 is 0 Å². The van der Waals surface area contributed by atoms with Crippen molar-refractivity contribution in [2.75, 3.05) is 6.61 Å². The number of halogens is 3. The number of hydrogen-bond acceptors (Lipinski definition) is 6. The van der Waals surface area contributed by atoms with Gasteiger partial charge in [-0.25, -0.2) is 9.19 Å². The zero-order valence-electron chi connectivity index (χ0n) is 13.9. The Morgan fingerprint density at radius 3 is 2.67 bits per heavy atom. The average molecular weight is 416 g/mol. The Bertz CT molecular complexity index is 1100. The van der Waals surface area contributed by atoms with E-state index in [0.717, 1.165) is 0 Å². The molecule has 0 N–H and O–H groups in total. The van der Waals surface area contributed by atoms with Crippen LogP contribution in [0, 0.1) is 12.1 Å². The van der Waals surface area contributed by atoms with E-state index in [0.29, 0.717) is 10.2 Å². The highest BCUT2D eigenvalue weighted by Crippen LogP contribution is 2.26. The Kier molecular flexibility index (Phi) is 5.00. The van der Waals surface area contributed by atoms with Crippen LogP contribution in [0.5, 0.6) is 5.75 Å². The zero-order valence-corrected chi connectivity index (χ0v) is 15.5. The number of pyridine rings is 1. The number of ether oxygens (including phenoxy) is 1. The van der Waals surface area contributed by atoms with Crippen LogP contribution in [0.1, 0.15) is 11.3 Å². The highest BCUT2D eigenvalue weighted by atomic mass is 32.8. The van der Waals surface area contributed by atoms with Gasteiger partial charge in [-0.1, -0.05) is 12.1 Å². The van der Waals surface area contributed by atoms with Gasteiger partial charge in [-0.05, 0) is 36.3 Å². The molecule has 27 heavy (non-hydrogen) atoms. The molecule has 0 aliphatic carbocycles. The third-order valence-corrected chi connectivity index (χ3v) is 6.01. The van der Waals surface area contributed by atoms with E-state index in [9.17, 15) is 22.6 Å². The minimum absolute atomic E-state index is 0.0434. The molecule has 1 atom stereocenters. The molecule has 1 unspecified atom stereocenters. The molecule has 0 saturated carbocycles. The minimum atomic E-state index is -4.49. The van der Waals surface area contributed by atoms with Gasteiger partial charge in [0.15, 0.2) is 11.8 Å². The number of nitrogens with zero attached hydrogens (tertiary/aromatic N) is 3. The summed E-state index contributed by atoms with van der Waals surface area (Å²) in [5.41, 5.74) is 1.04. The van der Waals surface area contributed by atoms with Crippen molar-refractivity contribution in [3.8, 4) is 5.75 Å². The standard InChI is InChI=1S/C16H13F3N3O3S2/c1-10-12(20-7-6-14(10)25-9-16(17,18)19)8-27(24,26)15-21-11-4-2-3-5-13(11)22(15)23/h2-7H,8-9H2,1H3/q-1. The lowest BCUT2D eigenvalue weighted by Gasteiger charge is -2.16. The van der Waals surface area contributed by atoms with Crippen molar-refractivity contribution in [3.63, 3.8) is 0 Å². The van der Waals surface area contributed by atoms with Gasteiger partial charge in [0.1, 0.15) is 5.75 Å². The molecule has 3 rings (SSSR count). The summed E-state index contributed by atoms with van der Waals surface area (Å²) < 4.78 is 55.3. The van der Waals surface area contributed by atoms with E-state index in [1.807, 2.05) is 0 Å². The molecule has 0 spiro atoms. The molecule has 0 bridgehead atoms. The molecule has 0 aliphatic rings. The lowest BCUT2D eigenvalue weighted by molar-refractivity contribution is -0.153. The maximum Gasteiger partial charge on any atom is 0.422 e. The summed E-state index contributed by atoms with van der Waals surface area (Å²) in [5.74, 6) is -0.374. The molecular formula is C16H13F3N3O3S2-. The normalized spacial score (nSPS) is 14.2. The van der Waals surface area contributed by atoms with E-state index in [2.05, 4.69) is 9.97 Å². The molecule has 0 radical (unpaired) electrons. The van der Waals surface area contributed by atoms with Crippen LogP contribution < -0.4 is 4.74 Å². The van der Waals surface area contributed by atoms with E-state index in [-0.39, 0.29) is 33.4 Å². The van der Waals surface area contributed by atoms with Gasteiger partial charge < -0.3 is 14.7 Å². The van der Waals surface area contributed by atoms with Crippen LogP contribution in [-0.2, 0) is 25.4 Å². The maximum absolute atomic E-state index is 13.0. The monoisotopic (exact) mass is 416 g/mol. The highest BCUT2D eigenvalue weighted by Gasteiger charge is 2.29. The molecule has 6 nitrogen and oxygen atoms in total. The van der Waals surface area contributed by atoms with Gasteiger partial charge in [-0.2, -0.15) is 13.2 Å². The maximum atomic E-state index is 13.0. The van der Waals surface area contributed by atoms with Crippen molar-refractivity contribution in [2.45, 2.75) is 24.0 Å². The lowest BCUT2D eigenvalue weighted by atomic mass is 10.2. The van der Waals surface area contributed by atoms with Crippen LogP contribution >= 0.6 is 0 Å². The second-order valence-corrected chi connectivity index (χ2v) is 9.22. The van der Waals surface area contributed by atoms with Gasteiger partial charge in [0.2, 0.25) is 0 Å². The van der Waals surface area contributed by atoms with Crippen molar-refractivity contribution in [3.05, 3.63) is 53.0 Å². The lowest BCUT2D eigenvalue weighted by Crippen LogP contribution is -2.20. The zero-order chi connectivity index (χ0) is 19.8. The third-order valence-electron chi connectivity index (χ3n) is 3.75. The number of aromatic nitrogens is 3. The molecule has 2 aromatic heterocycles. The molecule has 0 aliphatic heterocycles. The number of benzene rings is 1. The number of hydrogen-bond donors (Lipinski definition) is 0. The summed E-state index contributed by atoms with van der Waals surface area (Å²) in [6.45, 7) is 0.0238. The summed E-state index contributed by atoms with van der Waals surface area (Å²) in [6, 6.07) is 7.71. The largest absolute Gasteiger partial charge is 0.804 e. The second-order valence-electron chi connectivity index (χ2n) is 5.72. The molecule has 1 aromatic carbocycles. The third kappa shape index (κ3) is 4.14. The van der Waals surface area contributed by atoms with Gasteiger partial charge in [-0.15, -0.1) is 0 Å². The Morgan fingerprint density at radius 2 is 2.00 bits per heavy atom. The van der Waals surface area contributed by atoms with E-state index < -0.39 is 21.3 Å². The minimum Gasteiger partial charge on any atom is -0.804 e. The van der Waals surface area contributed by atoms with Crippen LogP contribution in [0.2, 0.25) is 0 Å². The predicted octanol–water partition coefficient (Wildman–Crippen LogP) is 3.33. The number of imidazole rings is 1. The van der Waals surface area contributed by atoms with E-state index in [1.54, 1.807) is 18.2 Å². The van der Waals surface area contributed by atoms with Gasteiger partial charge >= 0.3 is 6.18 Å². The first-order valence-corrected chi connectivity index (χ1v) is 10.3. The number of alkyl halides is 3. The Balaban J connectivity index is 1.93. The van der Waals surface area contributed by atoms with Gasteiger partial charge in [0.25, 0.3) is 0 Å². The van der Waals surface area contributed by atoms with Crippen LogP contribution in [0.4, 0.5) is 13.2 Å². The molecule has 2 heterocycles. The summed E-state index contributed by atoms with van der Waals surface area (Å²) >= 11 is 5.13. The average Bonchev–Trinajstić information content (AvgIpc) is 2.93. The molecule has 3 aromatic rings. The summed E-state index contributed by atoms with van der Waals surface area (Å²) in [4.78, 5) is 8.10. The highest BCUT2D eigenvalue weighted by molar-refractivity contribution is 8.32. The summed E-state index contributed by atoms with van der Waals surface area (Å²) in [5, 5.41) is 12.1. The summed E-state index contributed by atoms with van der Waals surface area (Å²) in [7, 11) is -3.36. The van der Waals surface area contributed by atoms with Crippen LogP contribution in [0.3, 0.4) is 0 Å². The van der Waals surface area contributed by atoms with E-state index in [1.165, 1.54) is 25.3 Å². The Labute approximate surface area is 157 Å². The fourth-order valence-corrected chi connectivity index (χ4v) is 4.46. The van der Waals surface area contributed by atoms with Crippen molar-refractivity contribution in [1.29, 1.82) is 0 Å². The van der Waals surface area contributed by atoms with Crippen molar-refractivity contribution < 1.29 is 22.1 Å². The topological polar surface area (TPSA) is 80.1 Å². The van der Waals surface area contributed by atoms with Crippen molar-refractivity contribution in [2.24, 2.45) is 0 Å². The molecular weight excluding hydrogens is 403 g/mol. The quantitative estimate of drug-likeness (QED) is 0.635. The van der Waals surface area contributed by atoms with Gasteiger partial charge in [-0.3, -0.25) is 4.98 Å². The summed E-state index contributed by atoms with van der Waals surface area (Å²) in [6.07, 6.45) is -3.26. The Morgan fingerprint density at radius 1 is 1.30 bits per heavy atom. The number of rotatable bonds is 5. The smallest absolute Gasteiger partial charge is 0.422 e. The van der Waals surface area contributed by atoms with Crippen LogP contribution in [0.15, 0.2) is 41.7 Å². The predicted molar refractivity (Wildman–Crippen MR) is 96.5 cm³/mol. The molecule has 0 amide bonds. The van der Waals surface area contributed by atoms with E-state index in [4.69, 9.17) is 15.9 Å². The first-order valence-electron chi connectivity index (χ1n) is 7.60. The molecule has 0 saturated heterocycles. The van der Waals surface area contributed by atoms with Gasteiger partial charge in [0, 0.05) is 11.8 Å². The SMILES string of the molecule is Cc1c(OCC(F)(F)F)ccnc1CS(=O)(=S)c1nc2ccccc2n1[O-]. The molecule has 0 fully saturated rings. The van der Waals surface area contributed by atoms with Crippen molar-refractivity contribution in [1.82, 2.24) is 14.7 Å². The number of para-hydroxylation sites is 2. The fraction of sp³-hybridized carbons (Fsp3) is 0.250. The first-order chi connectivity index (χ1) is 12.6. The fourth-order valence-electron chi connectivity index (χ4n) is 2.44. The van der Waals surface area contributed by atoms with Crippen molar-refractivity contribution >= 4 is 30.7 Å². The molecule has 144 valence electrons. The Hall–Kier alpha value is -2.40. The molecule has 11 heteroatoms. The van der Waals surface area contributed by atoms with Crippen LogP contribution in [-0.4, -0.2) is 31.7 Å². The van der Waals surface area contributed by atoms with Gasteiger partial charge in [0.05, 0.1) is 31.0 Å². The van der Waals surface area contributed by atoms with Crippen LogP contribution in [0.25, 0.3) is 11.0 Å².